The summed E-state index contributed by atoms with van der Waals surface area (Å²) < 4.78 is 0. The van der Waals surface area contributed by atoms with Crippen LogP contribution in [-0.2, 0) is 0 Å². The highest BCUT2D eigenvalue weighted by atomic mass is 14.9. The fourth-order valence-electron chi connectivity index (χ4n) is 1.23. The molecule has 0 radical (unpaired) electrons. The second-order valence-electron chi connectivity index (χ2n) is 2.46. The van der Waals surface area contributed by atoms with Crippen molar-refractivity contribution >= 4 is 0 Å². The van der Waals surface area contributed by atoms with Gasteiger partial charge in [-0.1, -0.05) is 19.3 Å². The molecule has 0 aromatic carbocycles. The molecule has 0 aromatic rings. The van der Waals surface area contributed by atoms with E-state index in [1.807, 2.05) is 0 Å². The van der Waals surface area contributed by atoms with Crippen molar-refractivity contribution in [3.8, 4) is 6.07 Å². The summed E-state index contributed by atoms with van der Waals surface area (Å²) >= 11 is 0. The van der Waals surface area contributed by atoms with Gasteiger partial charge in [-0.15, -0.1) is 0 Å². The molecule has 1 aliphatic carbocycles. The van der Waals surface area contributed by atoms with Crippen molar-refractivity contribution in [1.82, 2.24) is 0 Å². The Morgan fingerprint density at radius 2 is 1.75 bits per heavy atom. The first kappa shape index (κ1) is 5.62. The molecule has 8 heavy (non-hydrogen) atoms. The van der Waals surface area contributed by atoms with Gasteiger partial charge in [0.1, 0.15) is 0 Å². The Bertz CT molecular complexity index is 95.4. The van der Waals surface area contributed by atoms with Gasteiger partial charge in [0.15, 0.2) is 0 Å². The lowest BCUT2D eigenvalue weighted by molar-refractivity contribution is 0.427. The van der Waals surface area contributed by atoms with Crippen LogP contribution in [0.25, 0.3) is 0 Å². The molecule has 44 valence electrons. The number of hydrogen-bond acceptors (Lipinski definition) is 1. The highest BCUT2D eigenvalue weighted by molar-refractivity contribution is 4.84. The van der Waals surface area contributed by atoms with Gasteiger partial charge in [-0.2, -0.15) is 5.26 Å². The lowest BCUT2D eigenvalue weighted by atomic mass is 9.96. The molecule has 0 amide bonds. The predicted octanol–water partition coefficient (Wildman–Crippen LogP) is 2.09. The van der Waals surface area contributed by atoms with E-state index in [1.165, 1.54) is 19.3 Å². The zero-order chi connectivity index (χ0) is 5.82. The zero-order valence-electron chi connectivity index (χ0n) is 5.06. The van der Waals surface area contributed by atoms with Crippen LogP contribution in [0.3, 0.4) is 0 Å². The SMILES string of the molecule is N#[14C]C1CCCCC1. The average molecular weight is 111 g/mol. The van der Waals surface area contributed by atoms with Crippen molar-refractivity contribution in [1.29, 1.82) is 5.26 Å². The Labute approximate surface area is 50.3 Å². The second kappa shape index (κ2) is 2.71. The van der Waals surface area contributed by atoms with Crippen molar-refractivity contribution in [3.05, 3.63) is 0 Å². The quantitative estimate of drug-likeness (QED) is 0.469. The smallest absolute Gasteiger partial charge is 0.0655 e. The van der Waals surface area contributed by atoms with Crippen LogP contribution in [0.15, 0.2) is 0 Å². The first-order valence-corrected chi connectivity index (χ1v) is 3.33. The molecule has 0 heterocycles. The molecular weight excluding hydrogens is 100 g/mol. The molecule has 1 heteroatoms. The van der Waals surface area contributed by atoms with E-state index in [-0.39, 0.29) is 0 Å². The third kappa shape index (κ3) is 1.23. The van der Waals surface area contributed by atoms with Crippen LogP contribution in [0.4, 0.5) is 0 Å². The summed E-state index contributed by atoms with van der Waals surface area (Å²) in [5.41, 5.74) is 0. The molecule has 1 fully saturated rings. The Balaban J connectivity index is 2.25. The number of rotatable bonds is 0. The van der Waals surface area contributed by atoms with Gasteiger partial charge in [0, 0.05) is 5.92 Å². The molecule has 0 aromatic heterocycles. The van der Waals surface area contributed by atoms with Gasteiger partial charge in [-0.05, 0) is 12.8 Å². The topological polar surface area (TPSA) is 23.8 Å². The Morgan fingerprint density at radius 1 is 1.12 bits per heavy atom. The van der Waals surface area contributed by atoms with Crippen LogP contribution in [0.2, 0.25) is 0 Å². The maximum absolute atomic E-state index is 8.44. The molecule has 1 aliphatic rings. The minimum absolute atomic E-state index is 0.392. The van der Waals surface area contributed by atoms with E-state index in [0.29, 0.717) is 5.92 Å². The van der Waals surface area contributed by atoms with Gasteiger partial charge in [-0.3, -0.25) is 0 Å². The molecule has 0 aliphatic heterocycles. The minimum atomic E-state index is 0.392. The van der Waals surface area contributed by atoms with E-state index in [0.717, 1.165) is 12.8 Å². The third-order valence-electron chi connectivity index (χ3n) is 1.79. The number of hydrogen-bond donors (Lipinski definition) is 0. The van der Waals surface area contributed by atoms with E-state index in [2.05, 4.69) is 6.07 Å². The maximum Gasteiger partial charge on any atom is 0.0655 e. The summed E-state index contributed by atoms with van der Waals surface area (Å²) in [6.45, 7) is 0. The molecule has 0 saturated heterocycles. The summed E-state index contributed by atoms with van der Waals surface area (Å²) in [7, 11) is 0. The second-order valence-corrected chi connectivity index (χ2v) is 2.46. The van der Waals surface area contributed by atoms with Crippen molar-refractivity contribution in [3.63, 3.8) is 0 Å². The molecule has 1 rings (SSSR count). The van der Waals surface area contributed by atoms with Crippen LogP contribution >= 0.6 is 0 Å². The molecule has 0 unspecified atom stereocenters. The van der Waals surface area contributed by atoms with Crippen LogP contribution in [0.5, 0.6) is 0 Å². The van der Waals surface area contributed by atoms with Crippen molar-refractivity contribution < 1.29 is 0 Å². The molecular formula is C7H11N. The highest BCUT2D eigenvalue weighted by Gasteiger charge is 2.10. The van der Waals surface area contributed by atoms with Gasteiger partial charge < -0.3 is 0 Å². The summed E-state index contributed by atoms with van der Waals surface area (Å²) in [5, 5.41) is 8.44. The molecule has 0 atom stereocenters. The van der Waals surface area contributed by atoms with E-state index in [9.17, 15) is 0 Å². The van der Waals surface area contributed by atoms with Crippen LogP contribution in [-0.4, -0.2) is 0 Å². The van der Waals surface area contributed by atoms with Crippen LogP contribution in [0.1, 0.15) is 32.1 Å². The van der Waals surface area contributed by atoms with E-state index in [4.69, 9.17) is 5.26 Å². The average Bonchev–Trinajstić information content (AvgIpc) is 1.90. The number of nitriles is 1. The van der Waals surface area contributed by atoms with Gasteiger partial charge in [0.05, 0.1) is 6.07 Å². The lowest BCUT2D eigenvalue weighted by Crippen LogP contribution is -2.02. The van der Waals surface area contributed by atoms with Crippen LogP contribution < -0.4 is 0 Å². The Hall–Kier alpha value is -0.510. The molecule has 0 spiro atoms. The van der Waals surface area contributed by atoms with Crippen molar-refractivity contribution in [2.24, 2.45) is 5.92 Å². The summed E-state index contributed by atoms with van der Waals surface area (Å²) in [4.78, 5) is 0. The van der Waals surface area contributed by atoms with Gasteiger partial charge >= 0.3 is 0 Å². The predicted molar refractivity (Wildman–Crippen MR) is 32.2 cm³/mol. The fourth-order valence-corrected chi connectivity index (χ4v) is 1.23. The number of nitrogens with zero attached hydrogens (tertiary/aromatic N) is 1. The van der Waals surface area contributed by atoms with E-state index in [1.54, 1.807) is 0 Å². The van der Waals surface area contributed by atoms with Crippen molar-refractivity contribution in [2.45, 2.75) is 32.1 Å². The molecule has 0 N–H and O–H groups in total. The Kier molecular flexibility index (Phi) is 1.91. The fraction of sp³-hybridized carbons (Fsp3) is 0.857. The summed E-state index contributed by atoms with van der Waals surface area (Å²) in [6.07, 6.45) is 6.20. The minimum Gasteiger partial charge on any atom is -0.198 e. The third-order valence-corrected chi connectivity index (χ3v) is 1.79. The normalized spacial score (nSPS) is 22.4. The van der Waals surface area contributed by atoms with E-state index >= 15 is 0 Å². The maximum atomic E-state index is 8.44. The van der Waals surface area contributed by atoms with Crippen LogP contribution in [0, 0.1) is 17.2 Å². The zero-order valence-corrected chi connectivity index (χ0v) is 5.06. The monoisotopic (exact) mass is 111 g/mol. The molecule has 1 nitrogen and oxygen atoms in total. The first-order valence-electron chi connectivity index (χ1n) is 3.33. The lowest BCUT2D eigenvalue weighted by Gasteiger charge is -2.13. The van der Waals surface area contributed by atoms with Crippen molar-refractivity contribution in [2.75, 3.05) is 0 Å². The Morgan fingerprint density at radius 3 is 2.12 bits per heavy atom. The van der Waals surface area contributed by atoms with Gasteiger partial charge in [0.2, 0.25) is 0 Å². The summed E-state index contributed by atoms with van der Waals surface area (Å²) in [6, 6.07) is 2.30. The highest BCUT2D eigenvalue weighted by Crippen LogP contribution is 2.22. The standard InChI is InChI=1S/C7H11N/c8-6-7-4-2-1-3-5-7/h7H,1-5H2/i6+2. The largest absolute Gasteiger partial charge is 0.198 e. The van der Waals surface area contributed by atoms with Gasteiger partial charge in [-0.25, -0.2) is 0 Å². The van der Waals surface area contributed by atoms with E-state index < -0.39 is 0 Å². The molecule has 1 saturated carbocycles. The van der Waals surface area contributed by atoms with Gasteiger partial charge in [0.25, 0.3) is 0 Å². The molecule has 0 bridgehead atoms. The first-order chi connectivity index (χ1) is 3.93. The summed E-state index contributed by atoms with van der Waals surface area (Å²) in [5.74, 6) is 0.392.